The number of urea groups is 1. The SMILES string of the molecule is CCc1cccc(C)c1NC(=O)N1CCCNc2ccc(-c3cccc(C(F)(F)F)c3)nc21. The van der Waals surface area contributed by atoms with Crippen molar-refractivity contribution in [3.63, 3.8) is 0 Å². The van der Waals surface area contributed by atoms with Crippen molar-refractivity contribution in [2.24, 2.45) is 0 Å². The van der Waals surface area contributed by atoms with Gasteiger partial charge in [0.25, 0.3) is 0 Å². The van der Waals surface area contributed by atoms with Crippen LogP contribution >= 0.6 is 0 Å². The molecule has 0 saturated heterocycles. The lowest BCUT2D eigenvalue weighted by Crippen LogP contribution is -2.36. The van der Waals surface area contributed by atoms with E-state index in [-0.39, 0.29) is 6.03 Å². The molecule has 5 nitrogen and oxygen atoms in total. The molecule has 0 spiro atoms. The average Bonchev–Trinajstić information content (AvgIpc) is 3.02. The summed E-state index contributed by atoms with van der Waals surface area (Å²) in [6.45, 7) is 5.05. The van der Waals surface area contributed by atoms with Crippen molar-refractivity contribution in [2.45, 2.75) is 32.9 Å². The third-order valence-electron chi connectivity index (χ3n) is 5.71. The van der Waals surface area contributed by atoms with Gasteiger partial charge in [0.05, 0.1) is 16.9 Å². The lowest BCUT2D eigenvalue weighted by atomic mass is 10.1. The first-order chi connectivity index (χ1) is 15.8. The van der Waals surface area contributed by atoms with Crippen LogP contribution in [0.3, 0.4) is 0 Å². The smallest absolute Gasteiger partial charge is 0.382 e. The number of pyridine rings is 1. The minimum absolute atomic E-state index is 0.322. The number of amides is 2. The fourth-order valence-electron chi connectivity index (χ4n) is 3.95. The van der Waals surface area contributed by atoms with Gasteiger partial charge in [-0.1, -0.05) is 37.3 Å². The predicted molar refractivity (Wildman–Crippen MR) is 125 cm³/mol. The summed E-state index contributed by atoms with van der Waals surface area (Å²) < 4.78 is 39.6. The van der Waals surface area contributed by atoms with E-state index in [0.717, 1.165) is 35.4 Å². The number of hydrogen-bond donors (Lipinski definition) is 2. The van der Waals surface area contributed by atoms with Crippen molar-refractivity contribution < 1.29 is 18.0 Å². The number of carbonyl (C=O) groups excluding carboxylic acids is 1. The zero-order valence-corrected chi connectivity index (χ0v) is 18.5. The summed E-state index contributed by atoms with van der Waals surface area (Å²) in [4.78, 5) is 19.5. The van der Waals surface area contributed by atoms with E-state index in [2.05, 4.69) is 15.6 Å². The zero-order valence-electron chi connectivity index (χ0n) is 18.5. The molecule has 3 aromatic rings. The van der Waals surface area contributed by atoms with Gasteiger partial charge < -0.3 is 10.6 Å². The maximum absolute atomic E-state index is 13.3. The maximum Gasteiger partial charge on any atom is 0.416 e. The van der Waals surface area contributed by atoms with Gasteiger partial charge in [0.1, 0.15) is 0 Å². The summed E-state index contributed by atoms with van der Waals surface area (Å²) >= 11 is 0. The van der Waals surface area contributed by atoms with Crippen LogP contribution in [0.2, 0.25) is 0 Å². The second-order valence-corrected chi connectivity index (χ2v) is 7.97. The molecule has 0 radical (unpaired) electrons. The summed E-state index contributed by atoms with van der Waals surface area (Å²) in [5, 5.41) is 6.28. The number of halogens is 3. The molecule has 0 saturated carbocycles. The fraction of sp³-hybridized carbons (Fsp3) is 0.280. The zero-order chi connectivity index (χ0) is 23.6. The molecule has 2 amide bonds. The van der Waals surface area contributed by atoms with Gasteiger partial charge in [-0.2, -0.15) is 13.2 Å². The Morgan fingerprint density at radius 2 is 1.94 bits per heavy atom. The van der Waals surface area contributed by atoms with E-state index in [0.29, 0.717) is 42.3 Å². The molecule has 172 valence electrons. The number of nitrogens with zero attached hydrogens (tertiary/aromatic N) is 2. The molecule has 0 aliphatic carbocycles. The third-order valence-corrected chi connectivity index (χ3v) is 5.71. The quantitative estimate of drug-likeness (QED) is 0.475. The minimum Gasteiger partial charge on any atom is -0.382 e. The van der Waals surface area contributed by atoms with E-state index in [1.54, 1.807) is 23.1 Å². The van der Waals surface area contributed by atoms with Crippen molar-refractivity contribution in [3.05, 3.63) is 71.3 Å². The fourth-order valence-corrected chi connectivity index (χ4v) is 3.95. The summed E-state index contributed by atoms with van der Waals surface area (Å²) in [5.74, 6) is 0.395. The van der Waals surface area contributed by atoms with Crippen molar-refractivity contribution in [3.8, 4) is 11.3 Å². The van der Waals surface area contributed by atoms with Gasteiger partial charge in [-0.15, -0.1) is 0 Å². The van der Waals surface area contributed by atoms with Crippen LogP contribution in [-0.2, 0) is 12.6 Å². The minimum atomic E-state index is -4.44. The predicted octanol–water partition coefficient (Wildman–Crippen LogP) is 6.49. The molecule has 33 heavy (non-hydrogen) atoms. The van der Waals surface area contributed by atoms with Crippen LogP contribution in [0.25, 0.3) is 11.3 Å². The van der Waals surface area contributed by atoms with Crippen molar-refractivity contribution in [1.29, 1.82) is 0 Å². The summed E-state index contributed by atoms with van der Waals surface area (Å²) in [5.41, 5.74) is 3.40. The molecule has 1 aliphatic heterocycles. The lowest BCUT2D eigenvalue weighted by molar-refractivity contribution is -0.137. The van der Waals surface area contributed by atoms with Gasteiger partial charge in [-0.05, 0) is 55.2 Å². The molecule has 0 fully saturated rings. The lowest BCUT2D eigenvalue weighted by Gasteiger charge is -2.24. The normalized spacial score (nSPS) is 13.7. The molecular formula is C25H25F3N4O. The second-order valence-electron chi connectivity index (χ2n) is 7.97. The van der Waals surface area contributed by atoms with Crippen molar-refractivity contribution in [2.75, 3.05) is 28.6 Å². The number of alkyl halides is 3. The van der Waals surface area contributed by atoms with E-state index in [1.165, 1.54) is 6.07 Å². The molecule has 0 atom stereocenters. The second kappa shape index (κ2) is 9.13. The van der Waals surface area contributed by atoms with Crippen molar-refractivity contribution >= 4 is 23.2 Å². The van der Waals surface area contributed by atoms with Crippen LogP contribution in [-0.4, -0.2) is 24.1 Å². The number of para-hydroxylation sites is 1. The number of aryl methyl sites for hydroxylation is 2. The van der Waals surface area contributed by atoms with Gasteiger partial charge in [0.15, 0.2) is 5.82 Å². The Labute approximate surface area is 190 Å². The highest BCUT2D eigenvalue weighted by Gasteiger charge is 2.31. The Kier molecular flexibility index (Phi) is 6.26. The molecule has 2 N–H and O–H groups in total. The first kappa shape index (κ1) is 22.6. The van der Waals surface area contributed by atoms with Crippen LogP contribution in [0.4, 0.5) is 35.2 Å². The number of benzene rings is 2. The van der Waals surface area contributed by atoms with Gasteiger partial charge >= 0.3 is 12.2 Å². The number of anilines is 3. The Morgan fingerprint density at radius 3 is 2.70 bits per heavy atom. The summed E-state index contributed by atoms with van der Waals surface area (Å²) in [6, 6.07) is 14.0. The number of carbonyl (C=O) groups is 1. The van der Waals surface area contributed by atoms with Gasteiger partial charge in [-0.25, -0.2) is 9.78 Å². The molecule has 8 heteroatoms. The van der Waals surface area contributed by atoms with Crippen LogP contribution in [0.15, 0.2) is 54.6 Å². The summed E-state index contributed by atoms with van der Waals surface area (Å²) in [7, 11) is 0. The number of hydrogen-bond acceptors (Lipinski definition) is 3. The van der Waals surface area contributed by atoms with Crippen LogP contribution in [0, 0.1) is 6.92 Å². The third kappa shape index (κ3) is 4.79. The highest BCUT2D eigenvalue weighted by atomic mass is 19.4. The first-order valence-electron chi connectivity index (χ1n) is 10.9. The van der Waals surface area contributed by atoms with Gasteiger partial charge in [0.2, 0.25) is 0 Å². The Bertz CT molecular complexity index is 1180. The maximum atomic E-state index is 13.3. The first-order valence-corrected chi connectivity index (χ1v) is 10.9. The largest absolute Gasteiger partial charge is 0.416 e. The van der Waals surface area contributed by atoms with E-state index >= 15 is 0 Å². The van der Waals surface area contributed by atoms with E-state index in [1.807, 2.05) is 32.0 Å². The highest BCUT2D eigenvalue weighted by Crippen LogP contribution is 2.34. The average molecular weight is 454 g/mol. The van der Waals surface area contributed by atoms with E-state index < -0.39 is 11.7 Å². The Balaban J connectivity index is 1.71. The van der Waals surface area contributed by atoms with Crippen LogP contribution in [0.1, 0.15) is 30.0 Å². The molecular weight excluding hydrogens is 429 g/mol. The van der Waals surface area contributed by atoms with E-state index in [9.17, 15) is 18.0 Å². The molecule has 2 heterocycles. The highest BCUT2D eigenvalue weighted by molar-refractivity contribution is 6.04. The number of nitrogens with one attached hydrogen (secondary N) is 2. The Hall–Kier alpha value is -3.55. The standard InChI is InChI=1S/C25H25F3N4O/c1-3-17-8-4-7-16(2)22(17)31-24(33)32-14-6-13-29-21-12-11-20(30-23(21)32)18-9-5-10-19(15-18)25(26,27)28/h4-5,7-12,15,29H,3,6,13-14H2,1-2H3,(H,31,33). The molecule has 2 aromatic carbocycles. The molecule has 4 rings (SSSR count). The van der Waals surface area contributed by atoms with Gasteiger partial charge in [-0.3, -0.25) is 4.90 Å². The topological polar surface area (TPSA) is 57.3 Å². The molecule has 0 bridgehead atoms. The van der Waals surface area contributed by atoms with E-state index in [4.69, 9.17) is 0 Å². The van der Waals surface area contributed by atoms with Crippen LogP contribution in [0.5, 0.6) is 0 Å². The Morgan fingerprint density at radius 1 is 1.15 bits per heavy atom. The number of fused-ring (bicyclic) bond motifs is 1. The molecule has 1 aliphatic rings. The monoisotopic (exact) mass is 454 g/mol. The van der Waals surface area contributed by atoms with Gasteiger partial charge in [0, 0.05) is 24.3 Å². The summed E-state index contributed by atoms with van der Waals surface area (Å²) in [6.07, 6.45) is -2.97. The van der Waals surface area contributed by atoms with Crippen LogP contribution < -0.4 is 15.5 Å². The molecule has 0 unspecified atom stereocenters. The number of aromatic nitrogens is 1. The molecule has 1 aromatic heterocycles. The number of rotatable bonds is 3. The van der Waals surface area contributed by atoms with Crippen molar-refractivity contribution in [1.82, 2.24) is 4.98 Å².